The minimum absolute atomic E-state index is 0.0297. The topological polar surface area (TPSA) is 154 Å². The number of hydrogen-bond acceptors (Lipinski definition) is 8. The molecule has 0 radical (unpaired) electrons. The van der Waals surface area contributed by atoms with Gasteiger partial charge in [0, 0.05) is 12.5 Å². The number of methoxy groups -OCH3 is 1. The van der Waals surface area contributed by atoms with Crippen molar-refractivity contribution in [1.29, 1.82) is 0 Å². The molecule has 2 fully saturated rings. The van der Waals surface area contributed by atoms with E-state index in [0.29, 0.717) is 34.8 Å². The van der Waals surface area contributed by atoms with Gasteiger partial charge in [-0.3, -0.25) is 4.79 Å². The number of nitrogens with zero attached hydrogens (tertiary/aromatic N) is 3. The van der Waals surface area contributed by atoms with Crippen molar-refractivity contribution < 1.29 is 34.1 Å². The highest BCUT2D eigenvalue weighted by atomic mass is 16.5. The van der Waals surface area contributed by atoms with E-state index in [1.807, 2.05) is 12.1 Å². The summed E-state index contributed by atoms with van der Waals surface area (Å²) in [6, 6.07) is 3.07. The van der Waals surface area contributed by atoms with Crippen molar-refractivity contribution in [2.75, 3.05) is 13.7 Å². The van der Waals surface area contributed by atoms with Crippen molar-refractivity contribution in [1.82, 2.24) is 20.2 Å². The lowest BCUT2D eigenvalue weighted by atomic mass is 9.85. The summed E-state index contributed by atoms with van der Waals surface area (Å²) in [5.74, 6) is -0.00000836. The fraction of sp³-hybridized carbons (Fsp3) is 0.621. The second-order valence-corrected chi connectivity index (χ2v) is 11.9. The Hall–Kier alpha value is -3.63. The van der Waals surface area contributed by atoms with E-state index in [0.717, 1.165) is 18.8 Å². The molecule has 2 N–H and O–H groups in total. The molecule has 218 valence electrons. The first kappa shape index (κ1) is 29.4. The van der Waals surface area contributed by atoms with Crippen molar-refractivity contribution in [3.8, 4) is 11.6 Å². The molecule has 0 bridgehead atoms. The van der Waals surface area contributed by atoms with Crippen LogP contribution < -0.4 is 19.9 Å². The second kappa shape index (κ2) is 12.3. The number of carbonyl (C=O) groups is 3. The van der Waals surface area contributed by atoms with Crippen molar-refractivity contribution in [3.05, 3.63) is 23.9 Å². The standard InChI is InChI=1S/C29H40N4O7/c1-29(2,3)24(32-28(37)38)26(34)33-16-19(15-23(33)27(35)36)40-25-21(9-7-5-6-8-17-10-11-17)30-20-13-12-18(39-4)14-22(20)31-25/h12-14,17,19,23-24,32H,5-11,15-16H2,1-4H3,(H,35,36)(H,37,38)/p-1/t19-,23+,24?/m1/s1. The molecule has 3 atom stereocenters. The smallest absolute Gasteiger partial charge is 0.326 e. The Labute approximate surface area is 234 Å². The van der Waals surface area contributed by atoms with Gasteiger partial charge in [-0.1, -0.05) is 52.9 Å². The second-order valence-electron chi connectivity index (χ2n) is 11.9. The van der Waals surface area contributed by atoms with Gasteiger partial charge in [-0.2, -0.15) is 0 Å². The average molecular weight is 556 g/mol. The molecule has 4 rings (SSSR count). The Morgan fingerprint density at radius 2 is 1.90 bits per heavy atom. The summed E-state index contributed by atoms with van der Waals surface area (Å²) in [5.41, 5.74) is 1.16. The predicted octanol–water partition coefficient (Wildman–Crippen LogP) is 2.93. The van der Waals surface area contributed by atoms with Gasteiger partial charge in [0.05, 0.1) is 24.7 Å². The van der Waals surface area contributed by atoms with E-state index in [1.54, 1.807) is 33.9 Å². The number of rotatable bonds is 12. The van der Waals surface area contributed by atoms with Crippen LogP contribution in [0, 0.1) is 11.3 Å². The highest BCUT2D eigenvalue weighted by Gasteiger charge is 2.45. The van der Waals surface area contributed by atoms with E-state index < -0.39 is 41.6 Å². The number of hydrogen-bond donors (Lipinski definition) is 2. The van der Waals surface area contributed by atoms with Gasteiger partial charge < -0.3 is 34.7 Å². The molecule has 1 saturated carbocycles. The summed E-state index contributed by atoms with van der Waals surface area (Å²) < 4.78 is 11.6. The van der Waals surface area contributed by atoms with Gasteiger partial charge in [-0.25, -0.2) is 14.8 Å². The zero-order chi connectivity index (χ0) is 29.0. The molecule has 2 amide bonds. The van der Waals surface area contributed by atoms with Gasteiger partial charge in [0.15, 0.2) is 0 Å². The van der Waals surface area contributed by atoms with Crippen LogP contribution in [0.4, 0.5) is 4.79 Å². The Balaban J connectivity index is 1.55. The third kappa shape index (κ3) is 7.31. The van der Waals surface area contributed by atoms with E-state index in [9.17, 15) is 24.6 Å². The van der Waals surface area contributed by atoms with Gasteiger partial charge in [-0.15, -0.1) is 0 Å². The maximum atomic E-state index is 13.4. The average Bonchev–Trinajstić information content (AvgIpc) is 3.62. The van der Waals surface area contributed by atoms with E-state index in [2.05, 4.69) is 5.32 Å². The van der Waals surface area contributed by atoms with Crippen LogP contribution in [0.15, 0.2) is 18.2 Å². The maximum Gasteiger partial charge on any atom is 0.326 e. The van der Waals surface area contributed by atoms with Crippen LogP contribution in [0.2, 0.25) is 0 Å². The number of fused-ring (bicyclic) bond motifs is 1. The zero-order valence-electron chi connectivity index (χ0n) is 23.6. The SMILES string of the molecule is COc1ccc2nc(CCCCCC3CC3)c(O[C@@H]3C[C@@H](C(=O)O)N(C(=O)C(NC(=O)[O-])C(C)(C)C)C3)nc2c1. The Bertz CT molecular complexity index is 1240. The number of aliphatic carboxylic acids is 1. The first-order valence-corrected chi connectivity index (χ1v) is 14.0. The molecule has 40 heavy (non-hydrogen) atoms. The van der Waals surface area contributed by atoms with Crippen LogP contribution >= 0.6 is 0 Å². The van der Waals surface area contributed by atoms with Crippen molar-refractivity contribution in [2.45, 2.75) is 90.3 Å². The molecule has 2 aliphatic rings. The molecule has 1 unspecified atom stereocenters. The molecule has 1 saturated heterocycles. The van der Waals surface area contributed by atoms with Crippen molar-refractivity contribution >= 4 is 29.0 Å². The van der Waals surface area contributed by atoms with Crippen molar-refractivity contribution in [2.24, 2.45) is 11.3 Å². The Morgan fingerprint density at radius 3 is 2.52 bits per heavy atom. The van der Waals surface area contributed by atoms with E-state index >= 15 is 0 Å². The lowest BCUT2D eigenvalue weighted by molar-refractivity contribution is -0.252. The number of aryl methyl sites for hydroxylation is 1. The van der Waals surface area contributed by atoms with E-state index in [4.69, 9.17) is 19.4 Å². The van der Waals surface area contributed by atoms with Gasteiger partial charge in [0.25, 0.3) is 0 Å². The number of unbranched alkanes of at least 4 members (excludes halogenated alkanes) is 2. The molecule has 1 aliphatic heterocycles. The summed E-state index contributed by atoms with van der Waals surface area (Å²) in [6.07, 6.45) is 5.54. The Kier molecular flexibility index (Phi) is 9.00. The fourth-order valence-corrected chi connectivity index (χ4v) is 5.20. The first-order chi connectivity index (χ1) is 19.0. The number of likely N-dealkylation sites (tertiary alicyclic amines) is 1. The van der Waals surface area contributed by atoms with Crippen molar-refractivity contribution in [3.63, 3.8) is 0 Å². The highest BCUT2D eigenvalue weighted by Crippen LogP contribution is 2.34. The maximum absolute atomic E-state index is 13.4. The van der Waals surface area contributed by atoms with Crippen LogP contribution in [0.1, 0.15) is 71.4 Å². The summed E-state index contributed by atoms with van der Waals surface area (Å²) in [7, 11) is 1.57. The van der Waals surface area contributed by atoms with Crippen LogP contribution in [-0.2, 0) is 16.0 Å². The summed E-state index contributed by atoms with van der Waals surface area (Å²) in [4.78, 5) is 47.6. The highest BCUT2D eigenvalue weighted by molar-refractivity contribution is 5.90. The molecule has 2 aromatic rings. The van der Waals surface area contributed by atoms with Crippen LogP contribution in [0.25, 0.3) is 11.0 Å². The number of carboxylic acid groups (broad SMARTS) is 2. The zero-order valence-corrected chi connectivity index (χ0v) is 23.6. The number of benzene rings is 1. The summed E-state index contributed by atoms with van der Waals surface area (Å²) >= 11 is 0. The minimum Gasteiger partial charge on any atom is -0.530 e. The molecule has 11 heteroatoms. The summed E-state index contributed by atoms with van der Waals surface area (Å²) in [5, 5.41) is 23.3. The number of nitrogens with one attached hydrogen (secondary N) is 1. The molecule has 11 nitrogen and oxygen atoms in total. The monoisotopic (exact) mass is 555 g/mol. The number of aromatic nitrogens is 2. The molecule has 1 aromatic carbocycles. The Morgan fingerprint density at radius 1 is 1.15 bits per heavy atom. The predicted molar refractivity (Wildman–Crippen MR) is 145 cm³/mol. The van der Waals surface area contributed by atoms with Gasteiger partial charge in [0.1, 0.15) is 35.7 Å². The number of ether oxygens (including phenoxy) is 2. The van der Waals surface area contributed by atoms with Gasteiger partial charge in [0.2, 0.25) is 11.8 Å². The molecule has 0 spiro atoms. The minimum atomic E-state index is -1.60. The number of carboxylic acids is 1. The molecular weight excluding hydrogens is 516 g/mol. The first-order valence-electron chi connectivity index (χ1n) is 14.0. The third-order valence-corrected chi connectivity index (χ3v) is 7.61. The number of carbonyl (C=O) groups excluding carboxylic acids is 2. The quantitative estimate of drug-likeness (QED) is 0.376. The normalized spacial score (nSPS) is 19.9. The number of amides is 2. The molecular formula is C29H39N4O7-. The summed E-state index contributed by atoms with van der Waals surface area (Å²) in [6.45, 7) is 5.05. The van der Waals surface area contributed by atoms with E-state index in [1.165, 1.54) is 30.6 Å². The lowest BCUT2D eigenvalue weighted by Crippen LogP contribution is -2.59. The lowest BCUT2D eigenvalue weighted by Gasteiger charge is -2.35. The van der Waals surface area contributed by atoms with Crippen LogP contribution in [-0.4, -0.2) is 69.8 Å². The van der Waals surface area contributed by atoms with E-state index in [-0.39, 0.29) is 13.0 Å². The third-order valence-electron chi connectivity index (χ3n) is 7.61. The molecule has 1 aromatic heterocycles. The van der Waals surface area contributed by atoms with Gasteiger partial charge in [-0.05, 0) is 36.3 Å². The van der Waals surface area contributed by atoms with Crippen LogP contribution in [0.3, 0.4) is 0 Å². The fourth-order valence-electron chi connectivity index (χ4n) is 5.20. The largest absolute Gasteiger partial charge is 0.530 e. The molecule has 2 heterocycles. The molecule has 1 aliphatic carbocycles. The van der Waals surface area contributed by atoms with Crippen LogP contribution in [0.5, 0.6) is 11.6 Å². The van der Waals surface area contributed by atoms with Gasteiger partial charge >= 0.3 is 5.97 Å².